The van der Waals surface area contributed by atoms with Gasteiger partial charge < -0.3 is 10.1 Å². The van der Waals surface area contributed by atoms with Crippen molar-refractivity contribution < 1.29 is 4.74 Å². The minimum atomic E-state index is 0.392. The van der Waals surface area contributed by atoms with Crippen LogP contribution in [0.3, 0.4) is 0 Å². The number of aromatic nitrogens is 2. The van der Waals surface area contributed by atoms with Crippen LogP contribution in [0.4, 0.5) is 0 Å². The molecule has 0 bridgehead atoms. The lowest BCUT2D eigenvalue weighted by atomic mass is 10.1. The summed E-state index contributed by atoms with van der Waals surface area (Å²) in [6.45, 7) is 1.87. The molecule has 3 heterocycles. The van der Waals surface area contributed by atoms with Crippen LogP contribution in [-0.2, 0) is 6.42 Å². The highest BCUT2D eigenvalue weighted by Crippen LogP contribution is 2.37. The van der Waals surface area contributed by atoms with Crippen molar-refractivity contribution in [3.8, 4) is 17.0 Å². The van der Waals surface area contributed by atoms with Crippen LogP contribution in [-0.4, -0.2) is 23.3 Å². The third-order valence-corrected chi connectivity index (χ3v) is 4.91. The number of nitrogens with zero attached hydrogens (tertiary/aromatic N) is 1. The van der Waals surface area contributed by atoms with Crippen LogP contribution in [0.5, 0.6) is 5.75 Å². The largest absolute Gasteiger partial charge is 0.493 e. The zero-order valence-corrected chi connectivity index (χ0v) is 12.7. The Bertz CT molecular complexity index is 647. The predicted octanol–water partition coefficient (Wildman–Crippen LogP) is 3.20. The van der Waals surface area contributed by atoms with Gasteiger partial charge in [-0.15, -0.1) is 0 Å². The van der Waals surface area contributed by atoms with Gasteiger partial charge in [0, 0.05) is 12.0 Å². The van der Waals surface area contributed by atoms with Crippen LogP contribution in [0.15, 0.2) is 22.7 Å². The summed E-state index contributed by atoms with van der Waals surface area (Å²) >= 11 is 3.71. The number of ether oxygens (including phenoxy) is 1. The van der Waals surface area contributed by atoms with Crippen LogP contribution >= 0.6 is 15.9 Å². The molecule has 1 unspecified atom stereocenters. The van der Waals surface area contributed by atoms with Crippen molar-refractivity contribution in [3.05, 3.63) is 33.9 Å². The Morgan fingerprint density at radius 3 is 3.15 bits per heavy atom. The molecular formula is C15H16BrN3O. The quantitative estimate of drug-likeness (QED) is 0.887. The van der Waals surface area contributed by atoms with Gasteiger partial charge in [-0.05, 0) is 59.1 Å². The van der Waals surface area contributed by atoms with E-state index >= 15 is 0 Å². The van der Waals surface area contributed by atoms with E-state index in [1.54, 1.807) is 0 Å². The molecule has 4 rings (SSSR count). The molecule has 0 saturated carbocycles. The van der Waals surface area contributed by atoms with E-state index in [-0.39, 0.29) is 0 Å². The van der Waals surface area contributed by atoms with E-state index in [1.165, 1.54) is 12.0 Å². The molecule has 2 aromatic rings. The molecule has 2 N–H and O–H groups in total. The molecule has 0 spiro atoms. The number of halogens is 1. The van der Waals surface area contributed by atoms with Gasteiger partial charge >= 0.3 is 0 Å². The molecule has 0 radical (unpaired) electrons. The summed E-state index contributed by atoms with van der Waals surface area (Å²) in [4.78, 5) is 0. The normalized spacial score (nSPS) is 20.9. The Labute approximate surface area is 126 Å². The van der Waals surface area contributed by atoms with Crippen molar-refractivity contribution in [1.82, 2.24) is 15.5 Å². The fourth-order valence-corrected chi connectivity index (χ4v) is 3.71. The van der Waals surface area contributed by atoms with Gasteiger partial charge in [0.2, 0.25) is 0 Å². The number of aromatic amines is 1. The fourth-order valence-electron chi connectivity index (χ4n) is 3.03. The van der Waals surface area contributed by atoms with E-state index in [0.717, 1.165) is 53.2 Å². The van der Waals surface area contributed by atoms with Gasteiger partial charge in [0.1, 0.15) is 11.4 Å². The first-order valence-electron chi connectivity index (χ1n) is 7.06. The first kappa shape index (κ1) is 12.4. The second-order valence-corrected chi connectivity index (χ2v) is 6.16. The predicted molar refractivity (Wildman–Crippen MR) is 80.9 cm³/mol. The van der Waals surface area contributed by atoms with Crippen molar-refractivity contribution in [2.45, 2.75) is 25.3 Å². The van der Waals surface area contributed by atoms with Crippen molar-refractivity contribution in [2.24, 2.45) is 0 Å². The van der Waals surface area contributed by atoms with Crippen LogP contribution in [0.25, 0.3) is 11.3 Å². The molecule has 1 atom stereocenters. The Hall–Kier alpha value is -1.33. The van der Waals surface area contributed by atoms with Gasteiger partial charge in [0.25, 0.3) is 0 Å². The van der Waals surface area contributed by atoms with Crippen LogP contribution in [0.2, 0.25) is 0 Å². The Morgan fingerprint density at radius 1 is 1.35 bits per heavy atom. The summed E-state index contributed by atoms with van der Waals surface area (Å²) in [6, 6.07) is 6.71. The second-order valence-electron chi connectivity index (χ2n) is 5.37. The lowest BCUT2D eigenvalue weighted by Gasteiger charge is -2.08. The highest BCUT2D eigenvalue weighted by atomic mass is 79.9. The number of H-pyrrole nitrogens is 1. The summed E-state index contributed by atoms with van der Waals surface area (Å²) in [5.74, 6) is 1.01. The molecule has 5 heteroatoms. The van der Waals surface area contributed by atoms with E-state index < -0.39 is 0 Å². The summed E-state index contributed by atoms with van der Waals surface area (Å²) in [5, 5.41) is 11.2. The lowest BCUT2D eigenvalue weighted by molar-refractivity contribution is 0.357. The maximum Gasteiger partial charge on any atom is 0.122 e. The minimum absolute atomic E-state index is 0.392. The summed E-state index contributed by atoms with van der Waals surface area (Å²) in [5.41, 5.74) is 4.57. The molecule has 1 saturated heterocycles. The van der Waals surface area contributed by atoms with Gasteiger partial charge in [-0.1, -0.05) is 0 Å². The van der Waals surface area contributed by atoms with Gasteiger partial charge in [-0.3, -0.25) is 5.10 Å². The number of hydrogen-bond donors (Lipinski definition) is 2. The Kier molecular flexibility index (Phi) is 3.04. The van der Waals surface area contributed by atoms with E-state index in [1.807, 2.05) is 6.07 Å². The van der Waals surface area contributed by atoms with Crippen LogP contribution in [0.1, 0.15) is 30.1 Å². The highest BCUT2D eigenvalue weighted by molar-refractivity contribution is 9.10. The average molecular weight is 334 g/mol. The number of nitrogens with one attached hydrogen (secondary N) is 2. The van der Waals surface area contributed by atoms with Crippen LogP contribution in [0, 0.1) is 0 Å². The van der Waals surface area contributed by atoms with Gasteiger partial charge in [-0.2, -0.15) is 5.10 Å². The summed E-state index contributed by atoms with van der Waals surface area (Å²) < 4.78 is 6.64. The maximum atomic E-state index is 5.56. The number of rotatable bonds is 2. The molecule has 0 aliphatic carbocycles. The van der Waals surface area contributed by atoms with E-state index in [9.17, 15) is 0 Å². The lowest BCUT2D eigenvalue weighted by Crippen LogP contribution is -2.13. The Balaban J connectivity index is 1.72. The maximum absolute atomic E-state index is 5.56. The molecule has 4 nitrogen and oxygen atoms in total. The molecule has 1 aromatic heterocycles. The standard InChI is InChI=1S/C15H16BrN3O/c16-13-14(18-19-15(13)11-2-1-6-17-11)10-3-4-12-9(8-10)5-7-20-12/h3-4,8,11,17H,1-2,5-7H2,(H,18,19). The van der Waals surface area contributed by atoms with Crippen molar-refractivity contribution in [2.75, 3.05) is 13.2 Å². The first-order valence-corrected chi connectivity index (χ1v) is 7.85. The molecule has 2 aliphatic rings. The SMILES string of the molecule is Brc1c(-c2ccc3c(c2)CCO3)n[nH]c1C1CCCN1. The van der Waals surface area contributed by atoms with Gasteiger partial charge in [0.05, 0.1) is 22.8 Å². The van der Waals surface area contributed by atoms with E-state index in [2.05, 4.69) is 43.6 Å². The monoisotopic (exact) mass is 333 g/mol. The molecule has 0 amide bonds. The zero-order valence-electron chi connectivity index (χ0n) is 11.1. The van der Waals surface area contributed by atoms with E-state index in [0.29, 0.717) is 6.04 Å². The van der Waals surface area contributed by atoms with Crippen molar-refractivity contribution in [1.29, 1.82) is 0 Å². The first-order chi connectivity index (χ1) is 9.83. The second kappa shape index (κ2) is 4.90. The zero-order chi connectivity index (χ0) is 13.5. The molecule has 2 aliphatic heterocycles. The van der Waals surface area contributed by atoms with Crippen molar-refractivity contribution >= 4 is 15.9 Å². The van der Waals surface area contributed by atoms with Gasteiger partial charge in [-0.25, -0.2) is 0 Å². The smallest absolute Gasteiger partial charge is 0.122 e. The molecule has 104 valence electrons. The highest BCUT2D eigenvalue weighted by Gasteiger charge is 2.23. The van der Waals surface area contributed by atoms with Crippen LogP contribution < -0.4 is 10.1 Å². The third-order valence-electron chi connectivity index (χ3n) is 4.10. The average Bonchev–Trinajstić information content (AvgIpc) is 3.17. The Morgan fingerprint density at radius 2 is 2.30 bits per heavy atom. The number of fused-ring (bicyclic) bond motifs is 1. The minimum Gasteiger partial charge on any atom is -0.493 e. The number of hydrogen-bond acceptors (Lipinski definition) is 3. The molecule has 1 aromatic carbocycles. The third kappa shape index (κ3) is 1.96. The number of benzene rings is 1. The van der Waals surface area contributed by atoms with Gasteiger partial charge in [0.15, 0.2) is 0 Å². The topological polar surface area (TPSA) is 49.9 Å². The molecular weight excluding hydrogens is 318 g/mol. The molecule has 20 heavy (non-hydrogen) atoms. The fraction of sp³-hybridized carbons (Fsp3) is 0.400. The van der Waals surface area contributed by atoms with Crippen molar-refractivity contribution in [3.63, 3.8) is 0 Å². The van der Waals surface area contributed by atoms with E-state index in [4.69, 9.17) is 4.74 Å². The summed E-state index contributed by atoms with van der Waals surface area (Å²) in [7, 11) is 0. The molecule has 1 fully saturated rings. The summed E-state index contributed by atoms with van der Waals surface area (Å²) in [6.07, 6.45) is 3.38.